The van der Waals surface area contributed by atoms with Gasteiger partial charge in [0.25, 0.3) is 5.91 Å². The van der Waals surface area contributed by atoms with Crippen molar-refractivity contribution in [1.82, 2.24) is 10.3 Å². The number of fused-ring (bicyclic) bond motifs is 1. The number of halogens is 3. The van der Waals surface area contributed by atoms with E-state index in [2.05, 4.69) is 20.3 Å². The first-order chi connectivity index (χ1) is 14.4. The Labute approximate surface area is 177 Å². The van der Waals surface area contributed by atoms with Crippen molar-refractivity contribution in [1.29, 1.82) is 0 Å². The molecule has 1 aromatic rings. The molecule has 4 rings (SSSR count). The van der Waals surface area contributed by atoms with Gasteiger partial charge in [-0.2, -0.15) is 13.2 Å². The molecule has 0 saturated heterocycles. The van der Waals surface area contributed by atoms with E-state index in [-0.39, 0.29) is 24.0 Å². The van der Waals surface area contributed by atoms with E-state index >= 15 is 0 Å². The second kappa shape index (κ2) is 8.83. The van der Waals surface area contributed by atoms with E-state index in [1.165, 1.54) is 11.8 Å². The van der Waals surface area contributed by atoms with Gasteiger partial charge in [0, 0.05) is 23.6 Å². The Bertz CT molecular complexity index is 904. The maximum atomic E-state index is 13.0. The summed E-state index contributed by atoms with van der Waals surface area (Å²) in [6.07, 6.45) is 4.85. The van der Waals surface area contributed by atoms with Gasteiger partial charge in [-0.05, 0) is 41.9 Å². The zero-order valence-corrected chi connectivity index (χ0v) is 17.2. The Morgan fingerprint density at radius 3 is 2.97 bits per heavy atom. The Hall–Kier alpha value is -2.29. The standard InChI is InChI=1S/C21H23F3N4OS/c22-21(23,24)14-2-1-3-16(9-14)30-17-5-4-15(26-12-17)11-27-20(29)19-8-13-10-25-7-6-18(13)28-19/h3-5,7-8,14,17,28H,1-2,6,9-12H2,(H,27,29). The summed E-state index contributed by atoms with van der Waals surface area (Å²) in [6, 6.07) is 1.83. The number of rotatable bonds is 5. The molecule has 9 heteroatoms. The molecule has 0 spiro atoms. The fourth-order valence-electron chi connectivity index (χ4n) is 3.74. The van der Waals surface area contributed by atoms with Crippen molar-refractivity contribution in [3.05, 3.63) is 46.2 Å². The average molecular weight is 437 g/mol. The Morgan fingerprint density at radius 2 is 2.23 bits per heavy atom. The van der Waals surface area contributed by atoms with Crippen LogP contribution < -0.4 is 5.32 Å². The Kier molecular flexibility index (Phi) is 6.17. The first kappa shape index (κ1) is 21.0. The molecule has 1 amide bonds. The normalized spacial score (nSPS) is 23.6. The summed E-state index contributed by atoms with van der Waals surface area (Å²) in [4.78, 5) is 25.0. The van der Waals surface area contributed by atoms with E-state index < -0.39 is 12.1 Å². The number of aliphatic imine (C=N–C) groups is 2. The second-order valence-corrected chi connectivity index (χ2v) is 9.00. The Morgan fingerprint density at radius 1 is 1.37 bits per heavy atom. The number of aromatic nitrogens is 1. The molecular formula is C21H23F3N4OS. The SMILES string of the molecule is O=C(NCC1=NCC(SC2=CCCC(C(F)(F)F)C2)C=C1)c1cc2c([nH]1)CC=NC2. The van der Waals surface area contributed by atoms with Gasteiger partial charge < -0.3 is 10.3 Å². The number of hydrogen-bond acceptors (Lipinski definition) is 4. The topological polar surface area (TPSA) is 69.6 Å². The van der Waals surface area contributed by atoms with Crippen molar-refractivity contribution in [3.63, 3.8) is 0 Å². The maximum Gasteiger partial charge on any atom is 0.392 e. The summed E-state index contributed by atoms with van der Waals surface area (Å²) >= 11 is 1.46. The highest BCUT2D eigenvalue weighted by molar-refractivity contribution is 8.03. The number of amides is 1. The summed E-state index contributed by atoms with van der Waals surface area (Å²) in [7, 11) is 0. The number of alkyl halides is 3. The smallest absolute Gasteiger partial charge is 0.354 e. The fourth-order valence-corrected chi connectivity index (χ4v) is 4.95. The van der Waals surface area contributed by atoms with Crippen molar-refractivity contribution in [3.8, 4) is 0 Å². The minimum atomic E-state index is -4.13. The van der Waals surface area contributed by atoms with Crippen LogP contribution >= 0.6 is 11.8 Å². The van der Waals surface area contributed by atoms with Crippen LogP contribution in [0.3, 0.4) is 0 Å². The van der Waals surface area contributed by atoms with Gasteiger partial charge in [0.15, 0.2) is 0 Å². The number of carbonyl (C=O) groups excluding carboxylic acids is 1. The summed E-state index contributed by atoms with van der Waals surface area (Å²) in [6.45, 7) is 1.40. The highest BCUT2D eigenvalue weighted by atomic mass is 32.2. The average Bonchev–Trinajstić information content (AvgIpc) is 3.17. The summed E-state index contributed by atoms with van der Waals surface area (Å²) in [5.41, 5.74) is 3.34. The van der Waals surface area contributed by atoms with Crippen molar-refractivity contribution < 1.29 is 18.0 Å². The quantitative estimate of drug-likeness (QED) is 0.725. The van der Waals surface area contributed by atoms with Gasteiger partial charge in [0.2, 0.25) is 0 Å². The van der Waals surface area contributed by atoms with Crippen LogP contribution in [0.5, 0.6) is 0 Å². The van der Waals surface area contributed by atoms with Crippen LogP contribution in [0.15, 0.2) is 39.2 Å². The number of thioether (sulfide) groups is 1. The fraction of sp³-hybridized carbons (Fsp3) is 0.476. The van der Waals surface area contributed by atoms with Gasteiger partial charge in [-0.3, -0.25) is 14.8 Å². The molecule has 2 atom stereocenters. The Balaban J connectivity index is 1.24. The highest BCUT2D eigenvalue weighted by Crippen LogP contribution is 2.42. The van der Waals surface area contributed by atoms with Gasteiger partial charge in [0.1, 0.15) is 5.69 Å². The lowest BCUT2D eigenvalue weighted by Gasteiger charge is -2.26. The first-order valence-electron chi connectivity index (χ1n) is 9.99. The van der Waals surface area contributed by atoms with Crippen LogP contribution in [0.1, 0.15) is 41.0 Å². The van der Waals surface area contributed by atoms with Gasteiger partial charge in [-0.25, -0.2) is 0 Å². The van der Waals surface area contributed by atoms with Gasteiger partial charge >= 0.3 is 6.18 Å². The summed E-state index contributed by atoms with van der Waals surface area (Å²) < 4.78 is 38.9. The molecule has 0 radical (unpaired) electrons. The van der Waals surface area contributed by atoms with Gasteiger partial charge in [-0.15, -0.1) is 11.8 Å². The third-order valence-electron chi connectivity index (χ3n) is 5.43. The predicted molar refractivity (Wildman–Crippen MR) is 113 cm³/mol. The third kappa shape index (κ3) is 5.06. The largest absolute Gasteiger partial charge is 0.392 e. The van der Waals surface area contributed by atoms with E-state index in [1.54, 1.807) is 0 Å². The van der Waals surface area contributed by atoms with Crippen LogP contribution in [0, 0.1) is 5.92 Å². The van der Waals surface area contributed by atoms with E-state index in [4.69, 9.17) is 0 Å². The molecule has 3 aliphatic rings. The minimum absolute atomic E-state index is 0.0258. The number of nitrogens with zero attached hydrogens (tertiary/aromatic N) is 2. The number of allylic oxidation sites excluding steroid dienone is 2. The molecule has 30 heavy (non-hydrogen) atoms. The van der Waals surface area contributed by atoms with E-state index in [9.17, 15) is 18.0 Å². The molecule has 0 fully saturated rings. The van der Waals surface area contributed by atoms with E-state index in [1.807, 2.05) is 30.5 Å². The van der Waals surface area contributed by atoms with Crippen LogP contribution in [0.2, 0.25) is 0 Å². The van der Waals surface area contributed by atoms with Crippen LogP contribution in [-0.2, 0) is 13.0 Å². The summed E-state index contributed by atoms with van der Waals surface area (Å²) in [5.74, 6) is -1.43. The van der Waals surface area contributed by atoms with Crippen molar-refractivity contribution in [2.45, 2.75) is 43.7 Å². The molecule has 0 saturated carbocycles. The first-order valence-corrected chi connectivity index (χ1v) is 10.9. The zero-order valence-electron chi connectivity index (χ0n) is 16.3. The molecule has 1 aromatic heterocycles. The second-order valence-electron chi connectivity index (χ2n) is 7.63. The van der Waals surface area contributed by atoms with Crippen LogP contribution in [0.25, 0.3) is 0 Å². The summed E-state index contributed by atoms with van der Waals surface area (Å²) in [5, 5.41) is 2.89. The van der Waals surface area contributed by atoms with Gasteiger partial charge in [-0.1, -0.05) is 12.2 Å². The number of hydrogen-bond donors (Lipinski definition) is 2. The number of carbonyl (C=O) groups is 1. The number of H-pyrrole nitrogens is 1. The molecule has 160 valence electrons. The van der Waals surface area contributed by atoms with Crippen molar-refractivity contribution in [2.24, 2.45) is 15.9 Å². The lowest BCUT2D eigenvalue weighted by Crippen LogP contribution is -2.30. The van der Waals surface area contributed by atoms with E-state index in [0.29, 0.717) is 38.2 Å². The van der Waals surface area contributed by atoms with Crippen molar-refractivity contribution >= 4 is 29.6 Å². The molecule has 0 aromatic carbocycles. The maximum absolute atomic E-state index is 13.0. The molecule has 2 N–H and O–H groups in total. The molecule has 1 aliphatic carbocycles. The molecule has 2 aliphatic heterocycles. The molecule has 2 unspecified atom stereocenters. The number of dihydropyridines is 1. The van der Waals surface area contributed by atoms with E-state index in [0.717, 1.165) is 21.9 Å². The number of aromatic amines is 1. The molecular weight excluding hydrogens is 413 g/mol. The van der Waals surface area contributed by atoms with Crippen LogP contribution in [-0.4, -0.2) is 47.3 Å². The molecule has 3 heterocycles. The minimum Gasteiger partial charge on any atom is -0.354 e. The molecule has 5 nitrogen and oxygen atoms in total. The lowest BCUT2D eigenvalue weighted by atomic mass is 9.94. The van der Waals surface area contributed by atoms with Crippen LogP contribution in [0.4, 0.5) is 13.2 Å². The zero-order chi connectivity index (χ0) is 21.1. The molecule has 0 bridgehead atoms. The highest BCUT2D eigenvalue weighted by Gasteiger charge is 2.40. The number of nitrogens with one attached hydrogen (secondary N) is 2. The lowest BCUT2D eigenvalue weighted by molar-refractivity contribution is -0.176. The van der Waals surface area contributed by atoms with Crippen molar-refractivity contribution in [2.75, 3.05) is 13.1 Å². The predicted octanol–water partition coefficient (Wildman–Crippen LogP) is 4.23. The van der Waals surface area contributed by atoms with Gasteiger partial charge in [0.05, 0.1) is 31.3 Å². The monoisotopic (exact) mass is 436 g/mol. The third-order valence-corrected chi connectivity index (χ3v) is 6.68.